The van der Waals surface area contributed by atoms with Gasteiger partial charge < -0.3 is 19.3 Å². The van der Waals surface area contributed by atoms with Gasteiger partial charge in [-0.05, 0) is 61.7 Å². The average molecular weight is 383 g/mol. The Hall–Kier alpha value is -2.69. The van der Waals surface area contributed by atoms with Gasteiger partial charge in [0.05, 0.1) is 7.11 Å². The molecule has 0 bridgehead atoms. The number of anilines is 1. The zero-order valence-electron chi connectivity index (χ0n) is 17.3. The Kier molecular flexibility index (Phi) is 6.45. The van der Waals surface area contributed by atoms with Gasteiger partial charge in [-0.25, -0.2) is 0 Å². The summed E-state index contributed by atoms with van der Waals surface area (Å²) in [6.07, 6.45) is 0.183. The Balaban J connectivity index is 1.60. The Morgan fingerprint density at radius 2 is 1.64 bits per heavy atom. The molecule has 1 saturated heterocycles. The summed E-state index contributed by atoms with van der Waals surface area (Å²) < 4.78 is 11.1. The number of hydrogen-bond acceptors (Lipinski definition) is 4. The molecule has 0 radical (unpaired) electrons. The lowest BCUT2D eigenvalue weighted by Crippen LogP contribution is -2.52. The summed E-state index contributed by atoms with van der Waals surface area (Å²) in [7, 11) is 1.63. The van der Waals surface area contributed by atoms with Gasteiger partial charge in [-0.15, -0.1) is 0 Å². The molecule has 1 fully saturated rings. The topological polar surface area (TPSA) is 42.0 Å². The van der Waals surface area contributed by atoms with Gasteiger partial charge >= 0.3 is 0 Å². The Morgan fingerprint density at radius 3 is 2.25 bits per heavy atom. The molecule has 0 aliphatic carbocycles. The fourth-order valence-corrected chi connectivity index (χ4v) is 3.58. The molecule has 0 N–H and O–H groups in total. The predicted molar refractivity (Wildman–Crippen MR) is 112 cm³/mol. The maximum Gasteiger partial charge on any atom is 0.263 e. The number of carbonyl (C=O) groups excluding carboxylic acids is 1. The van der Waals surface area contributed by atoms with E-state index in [2.05, 4.69) is 36.9 Å². The molecule has 0 saturated carbocycles. The van der Waals surface area contributed by atoms with Crippen molar-refractivity contribution in [1.82, 2.24) is 4.90 Å². The minimum Gasteiger partial charge on any atom is -0.497 e. The van der Waals surface area contributed by atoms with Gasteiger partial charge in [0.15, 0.2) is 6.10 Å². The van der Waals surface area contributed by atoms with Crippen molar-refractivity contribution >= 4 is 11.6 Å². The zero-order chi connectivity index (χ0) is 20.1. The first-order valence-corrected chi connectivity index (χ1v) is 9.94. The second-order valence-corrected chi connectivity index (χ2v) is 7.22. The molecule has 1 aliphatic rings. The van der Waals surface area contributed by atoms with Gasteiger partial charge in [-0.2, -0.15) is 0 Å². The Bertz CT molecular complexity index is 796. The molecular weight excluding hydrogens is 352 g/mol. The second kappa shape index (κ2) is 9.00. The molecule has 1 atom stereocenters. The third-order valence-electron chi connectivity index (χ3n) is 5.49. The SMILES string of the molecule is CC[C@H](Oc1ccc(OC)cc1)C(=O)N1CCN(c2cccc(C)c2C)CC1. The minimum atomic E-state index is -0.458. The normalized spacial score (nSPS) is 15.3. The third kappa shape index (κ3) is 4.41. The van der Waals surface area contributed by atoms with Crippen LogP contribution in [0.2, 0.25) is 0 Å². The average Bonchev–Trinajstić information content (AvgIpc) is 2.74. The van der Waals surface area contributed by atoms with Crippen LogP contribution >= 0.6 is 0 Å². The number of benzene rings is 2. The monoisotopic (exact) mass is 382 g/mol. The highest BCUT2D eigenvalue weighted by Gasteiger charge is 2.28. The van der Waals surface area contributed by atoms with Crippen LogP contribution in [0, 0.1) is 13.8 Å². The van der Waals surface area contributed by atoms with E-state index in [-0.39, 0.29) is 5.91 Å². The highest BCUT2D eigenvalue weighted by Crippen LogP contribution is 2.24. The van der Waals surface area contributed by atoms with Gasteiger partial charge in [0.1, 0.15) is 11.5 Å². The largest absolute Gasteiger partial charge is 0.497 e. The minimum absolute atomic E-state index is 0.0685. The van der Waals surface area contributed by atoms with E-state index in [1.807, 2.05) is 36.1 Å². The van der Waals surface area contributed by atoms with E-state index in [0.29, 0.717) is 25.3 Å². The molecule has 1 heterocycles. The van der Waals surface area contributed by atoms with E-state index >= 15 is 0 Å². The van der Waals surface area contributed by atoms with Gasteiger partial charge in [-0.1, -0.05) is 19.1 Å². The summed E-state index contributed by atoms with van der Waals surface area (Å²) in [5.74, 6) is 1.53. The quantitative estimate of drug-likeness (QED) is 0.762. The molecule has 1 aliphatic heterocycles. The van der Waals surface area contributed by atoms with Gasteiger partial charge in [0, 0.05) is 31.9 Å². The molecule has 2 aromatic rings. The summed E-state index contributed by atoms with van der Waals surface area (Å²) in [6, 6.07) is 13.8. The van der Waals surface area contributed by atoms with Crippen molar-refractivity contribution in [1.29, 1.82) is 0 Å². The van der Waals surface area contributed by atoms with Crippen LogP contribution in [0.15, 0.2) is 42.5 Å². The van der Waals surface area contributed by atoms with E-state index in [4.69, 9.17) is 9.47 Å². The van der Waals surface area contributed by atoms with Crippen molar-refractivity contribution < 1.29 is 14.3 Å². The molecule has 2 aromatic carbocycles. The lowest BCUT2D eigenvalue weighted by Gasteiger charge is -2.38. The molecule has 5 heteroatoms. The molecular formula is C23H30N2O3. The van der Waals surface area contributed by atoms with Gasteiger partial charge in [0.2, 0.25) is 0 Å². The lowest BCUT2D eigenvalue weighted by atomic mass is 10.1. The van der Waals surface area contributed by atoms with Crippen molar-refractivity contribution in [2.75, 3.05) is 38.2 Å². The molecule has 3 rings (SSSR count). The van der Waals surface area contributed by atoms with Crippen LogP contribution in [0.1, 0.15) is 24.5 Å². The first-order chi connectivity index (χ1) is 13.5. The molecule has 150 valence electrons. The van der Waals surface area contributed by atoms with E-state index in [1.54, 1.807) is 7.11 Å². The molecule has 28 heavy (non-hydrogen) atoms. The number of hydrogen-bond donors (Lipinski definition) is 0. The second-order valence-electron chi connectivity index (χ2n) is 7.22. The summed E-state index contributed by atoms with van der Waals surface area (Å²) in [5.41, 5.74) is 3.89. The highest BCUT2D eigenvalue weighted by atomic mass is 16.5. The number of piperazine rings is 1. The fourth-order valence-electron chi connectivity index (χ4n) is 3.58. The number of amides is 1. The fraction of sp³-hybridized carbons (Fsp3) is 0.435. The molecule has 5 nitrogen and oxygen atoms in total. The maximum absolute atomic E-state index is 13.0. The van der Waals surface area contributed by atoms with Crippen LogP contribution in [-0.4, -0.2) is 50.2 Å². The van der Waals surface area contributed by atoms with E-state index < -0.39 is 6.10 Å². The summed E-state index contributed by atoms with van der Waals surface area (Å²) in [5, 5.41) is 0. The van der Waals surface area contributed by atoms with Crippen LogP contribution in [0.4, 0.5) is 5.69 Å². The van der Waals surface area contributed by atoms with Gasteiger partial charge in [-0.3, -0.25) is 4.79 Å². The predicted octanol–water partition coefficient (Wildman–Crippen LogP) is 3.82. The van der Waals surface area contributed by atoms with Crippen molar-refractivity contribution in [2.24, 2.45) is 0 Å². The first kappa shape index (κ1) is 20.1. The first-order valence-electron chi connectivity index (χ1n) is 9.94. The maximum atomic E-state index is 13.0. The number of methoxy groups -OCH3 is 1. The summed E-state index contributed by atoms with van der Waals surface area (Å²) >= 11 is 0. The van der Waals surface area contributed by atoms with E-state index in [0.717, 1.165) is 18.8 Å². The van der Waals surface area contributed by atoms with E-state index in [1.165, 1.54) is 16.8 Å². The Labute approximate surface area is 167 Å². The van der Waals surface area contributed by atoms with Crippen LogP contribution in [-0.2, 0) is 4.79 Å². The summed E-state index contributed by atoms with van der Waals surface area (Å²) in [4.78, 5) is 17.3. The zero-order valence-corrected chi connectivity index (χ0v) is 17.3. The third-order valence-corrected chi connectivity index (χ3v) is 5.49. The Morgan fingerprint density at radius 1 is 1.00 bits per heavy atom. The van der Waals surface area contributed by atoms with Crippen LogP contribution in [0.25, 0.3) is 0 Å². The molecule has 0 spiro atoms. The number of aryl methyl sites for hydroxylation is 1. The molecule has 0 aromatic heterocycles. The van der Waals surface area contributed by atoms with E-state index in [9.17, 15) is 4.79 Å². The molecule has 1 amide bonds. The molecule has 0 unspecified atom stereocenters. The van der Waals surface area contributed by atoms with Crippen molar-refractivity contribution in [3.63, 3.8) is 0 Å². The lowest BCUT2D eigenvalue weighted by molar-refractivity contribution is -0.139. The number of ether oxygens (including phenoxy) is 2. The van der Waals surface area contributed by atoms with Crippen molar-refractivity contribution in [2.45, 2.75) is 33.3 Å². The van der Waals surface area contributed by atoms with Crippen LogP contribution in [0.5, 0.6) is 11.5 Å². The van der Waals surface area contributed by atoms with Gasteiger partial charge in [0.25, 0.3) is 5.91 Å². The smallest absolute Gasteiger partial charge is 0.263 e. The number of nitrogens with zero attached hydrogens (tertiary/aromatic N) is 2. The highest BCUT2D eigenvalue weighted by molar-refractivity contribution is 5.81. The van der Waals surface area contributed by atoms with Crippen LogP contribution in [0.3, 0.4) is 0 Å². The van der Waals surface area contributed by atoms with Crippen molar-refractivity contribution in [3.05, 3.63) is 53.6 Å². The van der Waals surface area contributed by atoms with Crippen LogP contribution < -0.4 is 14.4 Å². The number of carbonyl (C=O) groups is 1. The standard InChI is InChI=1S/C23H30N2O3/c1-5-22(28-20-11-9-19(27-4)10-12-20)23(26)25-15-13-24(14-16-25)21-8-6-7-17(2)18(21)3/h6-12,22H,5,13-16H2,1-4H3/t22-/m0/s1. The summed E-state index contributed by atoms with van der Waals surface area (Å²) in [6.45, 7) is 9.41. The number of rotatable bonds is 6. The van der Waals surface area contributed by atoms with Crippen molar-refractivity contribution in [3.8, 4) is 11.5 Å².